The number of halogens is 6. The van der Waals surface area contributed by atoms with Crippen LogP contribution in [0.5, 0.6) is 0 Å². The number of benzene rings is 2. The number of carbonyl (C=O) groups is 1. The zero-order valence-corrected chi connectivity index (χ0v) is 21.3. The second-order valence-electron chi connectivity index (χ2n) is 9.63. The van der Waals surface area contributed by atoms with Crippen molar-refractivity contribution in [2.45, 2.75) is 57.2 Å². The van der Waals surface area contributed by atoms with E-state index in [2.05, 4.69) is 10.1 Å². The monoisotopic (exact) mass is 563 g/mol. The summed E-state index contributed by atoms with van der Waals surface area (Å²) in [6.45, 7) is -0.357. The van der Waals surface area contributed by atoms with Gasteiger partial charge in [0.15, 0.2) is 11.5 Å². The molecule has 0 bridgehead atoms. The predicted octanol–water partition coefficient (Wildman–Crippen LogP) is 7.35. The Morgan fingerprint density at radius 3 is 2.44 bits per heavy atom. The first-order valence-electron chi connectivity index (χ1n) is 12.4. The average Bonchev–Trinajstić information content (AvgIpc) is 3.49. The number of aromatic nitrogens is 3. The highest BCUT2D eigenvalue weighted by Crippen LogP contribution is 2.36. The summed E-state index contributed by atoms with van der Waals surface area (Å²) in [4.78, 5) is 17.5. The van der Waals surface area contributed by atoms with Crippen molar-refractivity contribution in [3.8, 4) is 11.5 Å². The van der Waals surface area contributed by atoms with Gasteiger partial charge in [0.2, 0.25) is 5.89 Å². The number of alkyl halides is 3. The molecule has 0 amide bonds. The first-order valence-corrected chi connectivity index (χ1v) is 12.8. The van der Waals surface area contributed by atoms with E-state index in [0.29, 0.717) is 46.9 Å². The van der Waals surface area contributed by atoms with Gasteiger partial charge in [-0.2, -0.15) is 18.3 Å². The zero-order chi connectivity index (χ0) is 27.7. The molecule has 0 saturated carbocycles. The standard InChI is InChI=1S/C28H23ClF5N3O2/c29-19-7-5-17(6-8-19)27-35-14-25(39-27)18(9-16-10-20(30)13-21(31)11-16)12-22(38)15-37-24-4-2-1-3-23(24)26(36-37)28(32,33)34/h5-8,10-11,13-14,18H,1-4,9,12,15H2. The smallest absolute Gasteiger partial charge is 0.435 e. The van der Waals surface area contributed by atoms with Crippen molar-refractivity contribution >= 4 is 17.4 Å². The molecule has 0 N–H and O–H groups in total. The van der Waals surface area contributed by atoms with Crippen LogP contribution in [0.1, 0.15) is 53.5 Å². The summed E-state index contributed by atoms with van der Waals surface area (Å²) in [6.07, 6.45) is -1.29. The summed E-state index contributed by atoms with van der Waals surface area (Å²) in [5.74, 6) is -2.04. The third kappa shape index (κ3) is 6.21. The maximum atomic E-state index is 13.9. The molecule has 2 heterocycles. The molecular formula is C28H23ClF5N3O2. The lowest BCUT2D eigenvalue weighted by Crippen LogP contribution is -2.18. The molecular weight excluding hydrogens is 541 g/mol. The highest BCUT2D eigenvalue weighted by atomic mass is 35.5. The summed E-state index contributed by atoms with van der Waals surface area (Å²) in [5.41, 5.74) is 0.562. The van der Waals surface area contributed by atoms with Gasteiger partial charge in [-0.25, -0.2) is 13.8 Å². The number of hydrogen-bond donors (Lipinski definition) is 0. The maximum absolute atomic E-state index is 13.9. The SMILES string of the molecule is O=C(CC(Cc1cc(F)cc(F)c1)c1cnc(-c2ccc(Cl)cc2)o1)Cn1nc(C(F)(F)F)c2c1CCCC2. The van der Waals surface area contributed by atoms with Crippen LogP contribution in [-0.2, 0) is 36.8 Å². The largest absolute Gasteiger partial charge is 0.441 e. The van der Waals surface area contributed by atoms with E-state index in [0.717, 1.165) is 22.9 Å². The molecule has 1 atom stereocenters. The fourth-order valence-electron chi connectivity index (χ4n) is 5.02. The Kier molecular flexibility index (Phi) is 7.57. The van der Waals surface area contributed by atoms with Crippen LogP contribution in [0.3, 0.4) is 0 Å². The summed E-state index contributed by atoms with van der Waals surface area (Å²) >= 11 is 5.95. The van der Waals surface area contributed by atoms with Gasteiger partial charge >= 0.3 is 6.18 Å². The van der Waals surface area contributed by atoms with Crippen LogP contribution in [0.2, 0.25) is 5.02 Å². The Hall–Kier alpha value is -3.53. The van der Waals surface area contributed by atoms with Gasteiger partial charge in [-0.3, -0.25) is 9.48 Å². The molecule has 4 aromatic rings. The fraction of sp³-hybridized carbons (Fsp3) is 0.321. The maximum Gasteiger partial charge on any atom is 0.435 e. The third-order valence-electron chi connectivity index (χ3n) is 6.75. The number of fused-ring (bicyclic) bond motifs is 1. The number of nitrogens with zero attached hydrogens (tertiary/aromatic N) is 3. The van der Waals surface area contributed by atoms with E-state index in [1.54, 1.807) is 24.3 Å². The summed E-state index contributed by atoms with van der Waals surface area (Å²) < 4.78 is 75.6. The Morgan fingerprint density at radius 2 is 1.74 bits per heavy atom. The Bertz CT molecular complexity index is 1470. The second kappa shape index (κ2) is 10.9. The van der Waals surface area contributed by atoms with Gasteiger partial charge in [0.25, 0.3) is 0 Å². The van der Waals surface area contributed by atoms with E-state index < -0.39 is 35.2 Å². The van der Waals surface area contributed by atoms with Crippen molar-refractivity contribution in [2.24, 2.45) is 0 Å². The van der Waals surface area contributed by atoms with Gasteiger partial charge in [-0.1, -0.05) is 11.6 Å². The van der Waals surface area contributed by atoms with E-state index in [1.807, 2.05) is 0 Å². The zero-order valence-electron chi connectivity index (χ0n) is 20.6. The number of carbonyl (C=O) groups excluding carboxylic acids is 1. The van der Waals surface area contributed by atoms with Crippen molar-refractivity contribution in [3.63, 3.8) is 0 Å². The van der Waals surface area contributed by atoms with Crippen LogP contribution < -0.4 is 0 Å². The predicted molar refractivity (Wildman–Crippen MR) is 133 cm³/mol. The van der Waals surface area contributed by atoms with Crippen molar-refractivity contribution in [1.29, 1.82) is 0 Å². The average molecular weight is 564 g/mol. The minimum absolute atomic E-state index is 0.0423. The minimum atomic E-state index is -4.61. The highest BCUT2D eigenvalue weighted by molar-refractivity contribution is 6.30. The lowest BCUT2D eigenvalue weighted by atomic mass is 9.92. The molecule has 2 aromatic carbocycles. The van der Waals surface area contributed by atoms with Crippen molar-refractivity contribution in [2.75, 3.05) is 0 Å². The number of oxazole rings is 1. The second-order valence-corrected chi connectivity index (χ2v) is 10.1. The molecule has 0 saturated heterocycles. The van der Waals surface area contributed by atoms with Crippen LogP contribution in [-0.4, -0.2) is 20.5 Å². The Balaban J connectivity index is 1.42. The summed E-state index contributed by atoms with van der Waals surface area (Å²) in [5, 5.41) is 4.29. The molecule has 2 aromatic heterocycles. The van der Waals surface area contributed by atoms with Crippen molar-refractivity contribution in [1.82, 2.24) is 14.8 Å². The lowest BCUT2D eigenvalue weighted by Gasteiger charge is -2.16. The van der Waals surface area contributed by atoms with Gasteiger partial charge in [0, 0.05) is 40.2 Å². The van der Waals surface area contributed by atoms with E-state index in [4.69, 9.17) is 16.0 Å². The number of ketones is 1. The molecule has 0 aliphatic heterocycles. The Morgan fingerprint density at radius 1 is 1.05 bits per heavy atom. The van der Waals surface area contributed by atoms with Crippen molar-refractivity contribution in [3.05, 3.63) is 93.6 Å². The molecule has 5 nitrogen and oxygen atoms in total. The summed E-state index contributed by atoms with van der Waals surface area (Å²) in [7, 11) is 0. The highest BCUT2D eigenvalue weighted by Gasteiger charge is 2.39. The van der Waals surface area contributed by atoms with Crippen molar-refractivity contribution < 1.29 is 31.2 Å². The third-order valence-corrected chi connectivity index (χ3v) is 7.00. The molecule has 0 fully saturated rings. The molecule has 1 aliphatic carbocycles. The van der Waals surface area contributed by atoms with Gasteiger partial charge in [0.05, 0.1) is 12.7 Å². The van der Waals surface area contributed by atoms with Crippen LogP contribution in [0.15, 0.2) is 53.1 Å². The minimum Gasteiger partial charge on any atom is -0.441 e. The molecule has 1 aliphatic rings. The van der Waals surface area contributed by atoms with E-state index >= 15 is 0 Å². The fourth-order valence-corrected chi connectivity index (χ4v) is 5.15. The first kappa shape index (κ1) is 27.1. The topological polar surface area (TPSA) is 60.9 Å². The molecule has 0 spiro atoms. The lowest BCUT2D eigenvalue weighted by molar-refractivity contribution is -0.142. The molecule has 1 unspecified atom stereocenters. The number of hydrogen-bond acceptors (Lipinski definition) is 4. The van der Waals surface area contributed by atoms with Crippen LogP contribution in [0, 0.1) is 11.6 Å². The normalized spacial score (nSPS) is 14.3. The molecule has 39 heavy (non-hydrogen) atoms. The van der Waals surface area contributed by atoms with Gasteiger partial charge in [-0.15, -0.1) is 0 Å². The van der Waals surface area contributed by atoms with Crippen LogP contribution >= 0.6 is 11.6 Å². The molecule has 11 heteroatoms. The van der Waals surface area contributed by atoms with Gasteiger partial charge in [0.1, 0.15) is 17.4 Å². The van der Waals surface area contributed by atoms with E-state index in [9.17, 15) is 26.7 Å². The van der Waals surface area contributed by atoms with E-state index in [1.165, 1.54) is 6.20 Å². The Labute approximate surface area is 225 Å². The van der Waals surface area contributed by atoms with Gasteiger partial charge < -0.3 is 4.42 Å². The molecule has 204 valence electrons. The van der Waals surface area contributed by atoms with E-state index in [-0.39, 0.29) is 37.3 Å². The van der Waals surface area contributed by atoms with Gasteiger partial charge in [-0.05, 0) is 74.1 Å². The first-order chi connectivity index (χ1) is 18.6. The number of Topliss-reactive ketones (excluding diaryl/α,β-unsaturated/α-hetero) is 1. The molecule has 0 radical (unpaired) electrons. The number of rotatable bonds is 8. The van der Waals surface area contributed by atoms with Crippen LogP contribution in [0.25, 0.3) is 11.5 Å². The quantitative estimate of drug-likeness (QED) is 0.210. The van der Waals surface area contributed by atoms with Crippen LogP contribution in [0.4, 0.5) is 22.0 Å². The molecule has 5 rings (SSSR count). The summed E-state index contributed by atoms with van der Waals surface area (Å²) in [6, 6.07) is 9.82.